The minimum atomic E-state index is -1.15. The van der Waals surface area contributed by atoms with Crippen LogP contribution in [0.15, 0.2) is 24.3 Å². The van der Waals surface area contributed by atoms with E-state index in [2.05, 4.69) is 5.32 Å². The number of nitro groups is 1. The van der Waals surface area contributed by atoms with Crippen LogP contribution in [0.3, 0.4) is 0 Å². The smallest absolute Gasteiger partial charge is 0.323 e. The number of carbonyl (C=O) groups is 1. The Morgan fingerprint density at radius 3 is 2.39 bits per heavy atom. The van der Waals surface area contributed by atoms with Crippen molar-refractivity contribution in [3.05, 3.63) is 39.9 Å². The molecule has 1 rings (SSSR count). The monoisotopic (exact) mass is 254 g/mol. The molecule has 1 aromatic carbocycles. The molecule has 0 saturated carbocycles. The lowest BCUT2D eigenvalue weighted by Crippen LogP contribution is -2.44. The van der Waals surface area contributed by atoms with Crippen molar-refractivity contribution >= 4 is 11.7 Å². The first-order chi connectivity index (χ1) is 8.41. The van der Waals surface area contributed by atoms with Crippen molar-refractivity contribution in [3.63, 3.8) is 0 Å². The van der Waals surface area contributed by atoms with Crippen LogP contribution in [-0.4, -0.2) is 33.3 Å². The molecule has 98 valence electrons. The van der Waals surface area contributed by atoms with Gasteiger partial charge in [-0.25, -0.2) is 0 Å². The van der Waals surface area contributed by atoms with Crippen molar-refractivity contribution in [1.82, 2.24) is 5.32 Å². The summed E-state index contributed by atoms with van der Waals surface area (Å²) in [6.45, 7) is 1.58. The second-order valence-electron chi connectivity index (χ2n) is 3.86. The summed E-state index contributed by atoms with van der Waals surface area (Å²) in [6, 6.07) is 4.68. The molecule has 0 saturated heterocycles. The molecule has 3 N–H and O–H groups in total. The number of carboxylic acid groups (broad SMARTS) is 1. The van der Waals surface area contributed by atoms with Crippen LogP contribution in [0, 0.1) is 10.1 Å². The molecule has 0 aliphatic carbocycles. The highest BCUT2D eigenvalue weighted by atomic mass is 16.6. The highest BCUT2D eigenvalue weighted by Crippen LogP contribution is 2.11. The number of nitro benzene ring substituents is 1. The number of hydrogen-bond donors (Lipinski definition) is 3. The Morgan fingerprint density at radius 2 is 2.00 bits per heavy atom. The first kappa shape index (κ1) is 14.1. The Morgan fingerprint density at radius 1 is 1.44 bits per heavy atom. The topological polar surface area (TPSA) is 113 Å². The maximum absolute atomic E-state index is 10.8. The number of aliphatic hydroxyl groups excluding tert-OH is 1. The second-order valence-corrected chi connectivity index (χ2v) is 3.86. The zero-order chi connectivity index (χ0) is 13.7. The number of aliphatic hydroxyl groups is 1. The molecule has 0 fully saturated rings. The molecule has 0 spiro atoms. The molecule has 7 nitrogen and oxygen atoms in total. The molecule has 0 aromatic heterocycles. The van der Waals surface area contributed by atoms with Crippen LogP contribution in [0.5, 0.6) is 0 Å². The van der Waals surface area contributed by atoms with Crippen LogP contribution < -0.4 is 5.32 Å². The van der Waals surface area contributed by atoms with Crippen molar-refractivity contribution in [2.75, 3.05) is 0 Å². The van der Waals surface area contributed by atoms with E-state index in [9.17, 15) is 20.0 Å². The lowest BCUT2D eigenvalue weighted by molar-refractivity contribution is -0.384. The summed E-state index contributed by atoms with van der Waals surface area (Å²) >= 11 is 0. The highest BCUT2D eigenvalue weighted by molar-refractivity contribution is 5.74. The Balaban J connectivity index is 2.62. The van der Waals surface area contributed by atoms with E-state index in [1.165, 1.54) is 31.2 Å². The highest BCUT2D eigenvalue weighted by Gasteiger charge is 2.21. The number of non-ortho nitro benzene ring substituents is 1. The summed E-state index contributed by atoms with van der Waals surface area (Å²) in [4.78, 5) is 20.7. The molecule has 0 radical (unpaired) electrons. The zero-order valence-electron chi connectivity index (χ0n) is 9.74. The average Bonchev–Trinajstić information content (AvgIpc) is 2.28. The van der Waals surface area contributed by atoms with Gasteiger partial charge in [0.2, 0.25) is 0 Å². The van der Waals surface area contributed by atoms with Gasteiger partial charge in [0, 0.05) is 18.7 Å². The van der Waals surface area contributed by atoms with Gasteiger partial charge in [0.15, 0.2) is 0 Å². The Hall–Kier alpha value is -1.99. The fourth-order valence-electron chi connectivity index (χ4n) is 1.43. The maximum atomic E-state index is 10.8. The molecular weight excluding hydrogens is 240 g/mol. The van der Waals surface area contributed by atoms with E-state index < -0.39 is 23.0 Å². The first-order valence-corrected chi connectivity index (χ1v) is 5.29. The molecule has 0 heterocycles. The van der Waals surface area contributed by atoms with Gasteiger partial charge in [-0.2, -0.15) is 0 Å². The molecule has 18 heavy (non-hydrogen) atoms. The Labute approximate surface area is 103 Å². The third-order valence-electron chi connectivity index (χ3n) is 2.42. The van der Waals surface area contributed by atoms with Crippen molar-refractivity contribution in [2.45, 2.75) is 25.6 Å². The summed E-state index contributed by atoms with van der Waals surface area (Å²) in [5.41, 5.74) is 0.677. The van der Waals surface area contributed by atoms with E-state index in [1.54, 1.807) is 0 Å². The summed E-state index contributed by atoms with van der Waals surface area (Å²) < 4.78 is 0. The van der Waals surface area contributed by atoms with Gasteiger partial charge in [0.25, 0.3) is 5.69 Å². The van der Waals surface area contributed by atoms with Crippen LogP contribution >= 0.6 is 0 Å². The summed E-state index contributed by atoms with van der Waals surface area (Å²) in [5.74, 6) is -1.15. The Bertz CT molecular complexity index is 430. The normalized spacial score (nSPS) is 13.9. The van der Waals surface area contributed by atoms with E-state index in [4.69, 9.17) is 5.11 Å². The lowest BCUT2D eigenvalue weighted by atomic mass is 10.1. The van der Waals surface area contributed by atoms with Gasteiger partial charge in [-0.3, -0.25) is 20.2 Å². The van der Waals surface area contributed by atoms with Crippen molar-refractivity contribution in [1.29, 1.82) is 0 Å². The molecule has 0 amide bonds. The van der Waals surface area contributed by atoms with E-state index in [1.807, 2.05) is 0 Å². The minimum Gasteiger partial charge on any atom is -0.480 e. The standard InChI is InChI=1S/C11H14N2O5/c1-7(14)10(11(15)16)12-6-8-2-4-9(5-3-8)13(17)18/h2-5,7,10,12,14H,6H2,1H3,(H,15,16)/t7-,10+/m0/s1. The van der Waals surface area contributed by atoms with Crippen LogP contribution in [0.4, 0.5) is 5.69 Å². The number of nitrogens with one attached hydrogen (secondary N) is 1. The third kappa shape index (κ3) is 3.79. The number of hydrogen-bond acceptors (Lipinski definition) is 5. The summed E-state index contributed by atoms with van der Waals surface area (Å²) in [5, 5.41) is 31.2. The van der Waals surface area contributed by atoms with Gasteiger partial charge in [-0.05, 0) is 12.5 Å². The van der Waals surface area contributed by atoms with Crippen LogP contribution in [-0.2, 0) is 11.3 Å². The number of benzene rings is 1. The number of rotatable bonds is 6. The third-order valence-corrected chi connectivity index (χ3v) is 2.42. The minimum absolute atomic E-state index is 0.0240. The van der Waals surface area contributed by atoms with Gasteiger partial charge in [-0.15, -0.1) is 0 Å². The average molecular weight is 254 g/mol. The molecule has 0 aliphatic heterocycles. The van der Waals surface area contributed by atoms with Crippen LogP contribution in [0.25, 0.3) is 0 Å². The van der Waals surface area contributed by atoms with Gasteiger partial charge < -0.3 is 10.2 Å². The van der Waals surface area contributed by atoms with E-state index >= 15 is 0 Å². The van der Waals surface area contributed by atoms with Crippen molar-refractivity contribution < 1.29 is 19.9 Å². The largest absolute Gasteiger partial charge is 0.480 e. The van der Waals surface area contributed by atoms with Crippen molar-refractivity contribution in [2.24, 2.45) is 0 Å². The molecule has 0 aliphatic rings. The molecule has 7 heteroatoms. The van der Waals surface area contributed by atoms with Gasteiger partial charge in [0.1, 0.15) is 6.04 Å². The molecule has 0 unspecified atom stereocenters. The predicted molar refractivity (Wildman–Crippen MR) is 63.0 cm³/mol. The first-order valence-electron chi connectivity index (χ1n) is 5.29. The van der Waals surface area contributed by atoms with E-state index in [-0.39, 0.29) is 12.2 Å². The lowest BCUT2D eigenvalue weighted by Gasteiger charge is -2.16. The van der Waals surface area contributed by atoms with E-state index in [0.29, 0.717) is 5.56 Å². The van der Waals surface area contributed by atoms with Gasteiger partial charge >= 0.3 is 5.97 Å². The Kier molecular flexibility index (Phi) is 4.75. The number of nitrogens with zero attached hydrogens (tertiary/aromatic N) is 1. The number of aliphatic carboxylic acids is 1. The fraction of sp³-hybridized carbons (Fsp3) is 0.364. The molecule has 1 aromatic rings. The quantitative estimate of drug-likeness (QED) is 0.504. The SMILES string of the molecule is C[C@H](O)[C@@H](NCc1ccc([N+](=O)[O-])cc1)C(=O)O. The van der Waals surface area contributed by atoms with Gasteiger partial charge in [-0.1, -0.05) is 12.1 Å². The predicted octanol–water partition coefficient (Wildman–Crippen LogP) is 0.518. The second kappa shape index (κ2) is 6.08. The zero-order valence-corrected chi connectivity index (χ0v) is 9.74. The maximum Gasteiger partial charge on any atom is 0.323 e. The summed E-state index contributed by atoms with van der Waals surface area (Å²) in [6.07, 6.45) is -1.03. The van der Waals surface area contributed by atoms with Gasteiger partial charge in [0.05, 0.1) is 11.0 Å². The van der Waals surface area contributed by atoms with Crippen LogP contribution in [0.2, 0.25) is 0 Å². The van der Waals surface area contributed by atoms with Crippen molar-refractivity contribution in [3.8, 4) is 0 Å². The van der Waals surface area contributed by atoms with Crippen LogP contribution in [0.1, 0.15) is 12.5 Å². The summed E-state index contributed by atoms with van der Waals surface area (Å²) in [7, 11) is 0. The molecule has 2 atom stereocenters. The fourth-order valence-corrected chi connectivity index (χ4v) is 1.43. The van der Waals surface area contributed by atoms with E-state index in [0.717, 1.165) is 0 Å². The number of carboxylic acids is 1. The molecule has 0 bridgehead atoms. The molecular formula is C11H14N2O5.